The van der Waals surface area contributed by atoms with Gasteiger partial charge in [0.1, 0.15) is 5.75 Å². The number of hydrogen-bond acceptors (Lipinski definition) is 4. The van der Waals surface area contributed by atoms with Crippen LogP contribution in [0.2, 0.25) is 0 Å². The molecule has 6 nitrogen and oxygen atoms in total. The van der Waals surface area contributed by atoms with Gasteiger partial charge in [-0.1, -0.05) is 42.5 Å². The molecule has 0 spiro atoms. The third-order valence-corrected chi connectivity index (χ3v) is 5.59. The Morgan fingerprint density at radius 1 is 0.875 bits per heavy atom. The lowest BCUT2D eigenvalue weighted by molar-refractivity contribution is 0.0950. The lowest BCUT2D eigenvalue weighted by Gasteiger charge is -2.22. The van der Waals surface area contributed by atoms with Gasteiger partial charge in [-0.15, -0.1) is 0 Å². The number of nitrogens with zero attached hydrogens (tertiary/aromatic N) is 1. The number of para-hydroxylation sites is 1. The van der Waals surface area contributed by atoms with Gasteiger partial charge in [-0.3, -0.25) is 9.59 Å². The Kier molecular flexibility index (Phi) is 6.70. The Bertz CT molecular complexity index is 1090. The number of carbonyl (C=O) groups excluding carboxylic acids is 2. The van der Waals surface area contributed by atoms with Gasteiger partial charge in [-0.25, -0.2) is 0 Å². The number of carbonyl (C=O) groups is 2. The minimum Gasteiger partial charge on any atom is -0.496 e. The van der Waals surface area contributed by atoms with Crippen LogP contribution in [0.15, 0.2) is 72.8 Å². The molecule has 4 rings (SSSR count). The normalized spacial score (nSPS) is 13.0. The molecule has 1 aliphatic rings. The molecular formula is C26H27N3O3. The molecule has 1 fully saturated rings. The number of amides is 2. The fraction of sp³-hybridized carbons (Fsp3) is 0.231. The highest BCUT2D eigenvalue weighted by Crippen LogP contribution is 2.28. The number of anilines is 2. The monoisotopic (exact) mass is 429 g/mol. The minimum atomic E-state index is -0.285. The number of ether oxygens (including phenoxy) is 1. The summed E-state index contributed by atoms with van der Waals surface area (Å²) in [6, 6.07) is 22.4. The van der Waals surface area contributed by atoms with E-state index < -0.39 is 0 Å². The van der Waals surface area contributed by atoms with Crippen LogP contribution < -0.4 is 20.3 Å². The molecule has 0 unspecified atom stereocenters. The standard InChI is InChI=1S/C26H27N3O3/c1-32-24-12-6-5-11-21(24)26(31)28-20-13-14-23(29-15-7-8-16-29)22(17-20)25(30)27-18-19-9-3-2-4-10-19/h2-6,9-14,17H,7-8,15-16,18H2,1H3,(H,27,30)(H,28,31). The van der Waals surface area contributed by atoms with Crippen LogP contribution in [-0.2, 0) is 6.54 Å². The topological polar surface area (TPSA) is 70.7 Å². The highest BCUT2D eigenvalue weighted by molar-refractivity contribution is 6.07. The molecule has 0 aromatic heterocycles. The number of benzene rings is 3. The van der Waals surface area contributed by atoms with Crippen LogP contribution in [0.5, 0.6) is 5.75 Å². The van der Waals surface area contributed by atoms with E-state index in [1.54, 1.807) is 24.3 Å². The Labute approximate surface area is 188 Å². The van der Waals surface area contributed by atoms with Crippen molar-refractivity contribution in [1.82, 2.24) is 5.32 Å². The highest BCUT2D eigenvalue weighted by Gasteiger charge is 2.21. The van der Waals surface area contributed by atoms with Gasteiger partial charge < -0.3 is 20.3 Å². The minimum absolute atomic E-state index is 0.163. The van der Waals surface area contributed by atoms with E-state index >= 15 is 0 Å². The van der Waals surface area contributed by atoms with Crippen LogP contribution in [0.1, 0.15) is 39.1 Å². The van der Waals surface area contributed by atoms with Crippen LogP contribution in [0.25, 0.3) is 0 Å². The van der Waals surface area contributed by atoms with Gasteiger partial charge in [-0.2, -0.15) is 0 Å². The summed E-state index contributed by atoms with van der Waals surface area (Å²) in [5, 5.41) is 5.91. The molecular weight excluding hydrogens is 402 g/mol. The summed E-state index contributed by atoms with van der Waals surface area (Å²) in [5.74, 6) is 0.0516. The second-order valence-corrected chi connectivity index (χ2v) is 7.75. The molecule has 6 heteroatoms. The number of methoxy groups -OCH3 is 1. The van der Waals surface area contributed by atoms with E-state index in [9.17, 15) is 9.59 Å². The van der Waals surface area contributed by atoms with E-state index in [1.807, 2.05) is 48.5 Å². The summed E-state index contributed by atoms with van der Waals surface area (Å²) in [6.45, 7) is 2.29. The van der Waals surface area contributed by atoms with Crippen molar-refractivity contribution in [3.05, 3.63) is 89.5 Å². The first-order chi connectivity index (χ1) is 15.7. The third-order valence-electron chi connectivity index (χ3n) is 5.59. The molecule has 1 aliphatic heterocycles. The second-order valence-electron chi connectivity index (χ2n) is 7.75. The molecule has 0 radical (unpaired) electrons. The van der Waals surface area contributed by atoms with Crippen molar-refractivity contribution in [2.75, 3.05) is 30.4 Å². The maximum absolute atomic E-state index is 13.1. The smallest absolute Gasteiger partial charge is 0.259 e. The van der Waals surface area contributed by atoms with Crippen molar-refractivity contribution in [3.63, 3.8) is 0 Å². The third kappa shape index (κ3) is 4.91. The van der Waals surface area contributed by atoms with Crippen LogP contribution in [0.4, 0.5) is 11.4 Å². The predicted octanol–water partition coefficient (Wildman–Crippen LogP) is 4.48. The molecule has 0 bridgehead atoms. The quantitative estimate of drug-likeness (QED) is 0.581. The van der Waals surface area contributed by atoms with Crippen LogP contribution in [0, 0.1) is 0 Å². The molecule has 3 aromatic carbocycles. The fourth-order valence-corrected chi connectivity index (χ4v) is 3.93. The molecule has 2 amide bonds. The maximum atomic E-state index is 13.1. The first kappa shape index (κ1) is 21.4. The van der Waals surface area contributed by atoms with Gasteiger partial charge in [0.2, 0.25) is 0 Å². The number of rotatable bonds is 7. The van der Waals surface area contributed by atoms with E-state index in [2.05, 4.69) is 15.5 Å². The lowest BCUT2D eigenvalue weighted by atomic mass is 10.1. The Morgan fingerprint density at radius 2 is 1.59 bits per heavy atom. The van der Waals surface area contributed by atoms with Crippen molar-refractivity contribution in [2.45, 2.75) is 19.4 Å². The molecule has 164 valence electrons. The zero-order chi connectivity index (χ0) is 22.3. The molecule has 0 aliphatic carbocycles. The Balaban J connectivity index is 1.57. The fourth-order valence-electron chi connectivity index (χ4n) is 3.93. The van der Waals surface area contributed by atoms with Gasteiger partial charge >= 0.3 is 0 Å². The average Bonchev–Trinajstić information content (AvgIpc) is 3.38. The zero-order valence-electron chi connectivity index (χ0n) is 18.1. The largest absolute Gasteiger partial charge is 0.496 e. The maximum Gasteiger partial charge on any atom is 0.259 e. The van der Waals surface area contributed by atoms with E-state index in [0.717, 1.165) is 37.2 Å². The SMILES string of the molecule is COc1ccccc1C(=O)Nc1ccc(N2CCCC2)c(C(=O)NCc2ccccc2)c1. The number of nitrogens with one attached hydrogen (secondary N) is 2. The molecule has 0 saturated carbocycles. The summed E-state index contributed by atoms with van der Waals surface area (Å²) in [4.78, 5) is 28.2. The second kappa shape index (κ2) is 10.0. The molecule has 1 heterocycles. The van der Waals surface area contributed by atoms with Crippen molar-refractivity contribution in [1.29, 1.82) is 0 Å². The molecule has 1 saturated heterocycles. The number of hydrogen-bond donors (Lipinski definition) is 2. The summed E-state index contributed by atoms with van der Waals surface area (Å²) in [7, 11) is 1.53. The van der Waals surface area contributed by atoms with Crippen molar-refractivity contribution >= 4 is 23.2 Å². The van der Waals surface area contributed by atoms with E-state index in [-0.39, 0.29) is 11.8 Å². The molecule has 32 heavy (non-hydrogen) atoms. The molecule has 0 atom stereocenters. The Morgan fingerprint density at radius 3 is 2.34 bits per heavy atom. The average molecular weight is 430 g/mol. The molecule has 3 aromatic rings. The van der Waals surface area contributed by atoms with Crippen molar-refractivity contribution in [3.8, 4) is 5.75 Å². The lowest BCUT2D eigenvalue weighted by Crippen LogP contribution is -2.27. The van der Waals surface area contributed by atoms with Gasteiger partial charge in [-0.05, 0) is 48.7 Å². The van der Waals surface area contributed by atoms with Crippen LogP contribution in [0.3, 0.4) is 0 Å². The van der Waals surface area contributed by atoms with Crippen molar-refractivity contribution in [2.24, 2.45) is 0 Å². The Hall–Kier alpha value is -3.80. The highest BCUT2D eigenvalue weighted by atomic mass is 16.5. The summed E-state index contributed by atoms with van der Waals surface area (Å²) in [5.41, 5.74) is 3.48. The van der Waals surface area contributed by atoms with Gasteiger partial charge in [0, 0.05) is 31.0 Å². The van der Waals surface area contributed by atoms with Crippen LogP contribution >= 0.6 is 0 Å². The van der Waals surface area contributed by atoms with Gasteiger partial charge in [0.25, 0.3) is 11.8 Å². The predicted molar refractivity (Wildman–Crippen MR) is 126 cm³/mol. The van der Waals surface area contributed by atoms with E-state index in [4.69, 9.17) is 4.74 Å². The summed E-state index contributed by atoms with van der Waals surface area (Å²) >= 11 is 0. The summed E-state index contributed by atoms with van der Waals surface area (Å²) in [6.07, 6.45) is 2.22. The summed E-state index contributed by atoms with van der Waals surface area (Å²) < 4.78 is 5.30. The zero-order valence-corrected chi connectivity index (χ0v) is 18.1. The van der Waals surface area contributed by atoms with E-state index in [1.165, 1.54) is 7.11 Å². The van der Waals surface area contributed by atoms with Gasteiger partial charge in [0.05, 0.1) is 18.2 Å². The van der Waals surface area contributed by atoms with Crippen molar-refractivity contribution < 1.29 is 14.3 Å². The first-order valence-electron chi connectivity index (χ1n) is 10.8. The van der Waals surface area contributed by atoms with E-state index in [0.29, 0.717) is 29.1 Å². The van der Waals surface area contributed by atoms with Crippen LogP contribution in [-0.4, -0.2) is 32.0 Å². The van der Waals surface area contributed by atoms with Gasteiger partial charge in [0.15, 0.2) is 0 Å². The first-order valence-corrected chi connectivity index (χ1v) is 10.8. The molecule has 2 N–H and O–H groups in total.